The van der Waals surface area contributed by atoms with E-state index >= 15 is 0 Å². The molecule has 0 saturated carbocycles. The van der Waals surface area contributed by atoms with Crippen molar-refractivity contribution in [2.45, 2.75) is 31.2 Å². The van der Waals surface area contributed by atoms with Gasteiger partial charge in [-0.25, -0.2) is 8.42 Å². The lowest BCUT2D eigenvalue weighted by Gasteiger charge is -2.25. The third-order valence-corrected chi connectivity index (χ3v) is 5.22. The molecule has 0 unspecified atom stereocenters. The van der Waals surface area contributed by atoms with E-state index in [9.17, 15) is 18.5 Å². The summed E-state index contributed by atoms with van der Waals surface area (Å²) < 4.78 is 26.3. The summed E-state index contributed by atoms with van der Waals surface area (Å²) in [6, 6.07) is 3.04. The molecule has 0 saturated heterocycles. The fraction of sp³-hybridized carbons (Fsp3) is 0.500. The summed E-state index contributed by atoms with van der Waals surface area (Å²) in [5.41, 5.74) is -0.455. The highest BCUT2D eigenvalue weighted by Crippen LogP contribution is 2.29. The van der Waals surface area contributed by atoms with E-state index in [1.165, 1.54) is 16.4 Å². The Kier molecular flexibility index (Phi) is 6.09. The molecule has 0 aromatic heterocycles. The quantitative estimate of drug-likeness (QED) is 0.606. The van der Waals surface area contributed by atoms with Gasteiger partial charge < -0.3 is 5.11 Å². The highest BCUT2D eigenvalue weighted by atomic mass is 35.5. The van der Waals surface area contributed by atoms with Gasteiger partial charge in [-0.05, 0) is 32.4 Å². The van der Waals surface area contributed by atoms with Gasteiger partial charge in [-0.2, -0.15) is 4.31 Å². The molecule has 0 fully saturated rings. The Hall–Kier alpha value is -1.22. The van der Waals surface area contributed by atoms with Gasteiger partial charge in [0.15, 0.2) is 0 Å². The fourth-order valence-corrected chi connectivity index (χ4v) is 3.69. The van der Waals surface area contributed by atoms with E-state index in [0.717, 1.165) is 6.07 Å². The molecule has 118 valence electrons. The number of nitrogens with zero attached hydrogens (tertiary/aromatic N) is 2. The Labute approximate surface area is 128 Å². The Balaban J connectivity index is 3.28. The van der Waals surface area contributed by atoms with Crippen LogP contribution in [-0.4, -0.2) is 41.9 Å². The molecular formula is C12H17ClN2O5S. The summed E-state index contributed by atoms with van der Waals surface area (Å²) in [6.07, 6.45) is 0.285. The van der Waals surface area contributed by atoms with Crippen molar-refractivity contribution in [1.29, 1.82) is 0 Å². The summed E-state index contributed by atoms with van der Waals surface area (Å²) in [7, 11) is -3.89. The van der Waals surface area contributed by atoms with Crippen molar-refractivity contribution in [2.24, 2.45) is 0 Å². The van der Waals surface area contributed by atoms with Crippen molar-refractivity contribution in [3.8, 4) is 0 Å². The average Bonchev–Trinajstić information content (AvgIpc) is 2.38. The molecule has 0 spiro atoms. The summed E-state index contributed by atoms with van der Waals surface area (Å²) in [4.78, 5) is 9.94. The number of halogens is 1. The highest BCUT2D eigenvalue weighted by Gasteiger charge is 2.28. The SMILES string of the molecule is CC(C)N(CCCO)S(=O)(=O)c1ccc(Cl)c([N+](=O)[O-])c1. The van der Waals surface area contributed by atoms with Crippen LogP contribution in [-0.2, 0) is 10.0 Å². The molecule has 1 aromatic rings. The van der Waals surface area contributed by atoms with Crippen molar-refractivity contribution in [3.63, 3.8) is 0 Å². The second-order valence-electron chi connectivity index (χ2n) is 4.66. The van der Waals surface area contributed by atoms with E-state index in [0.29, 0.717) is 0 Å². The Bertz CT molecular complexity index is 618. The number of hydrogen-bond donors (Lipinski definition) is 1. The number of aliphatic hydroxyl groups is 1. The van der Waals surface area contributed by atoms with Crippen LogP contribution in [0.25, 0.3) is 0 Å². The number of nitro groups is 1. The zero-order valence-corrected chi connectivity index (χ0v) is 13.3. The van der Waals surface area contributed by atoms with Gasteiger partial charge in [-0.1, -0.05) is 11.6 Å². The minimum atomic E-state index is -3.89. The van der Waals surface area contributed by atoms with Crippen LogP contribution in [0.15, 0.2) is 23.1 Å². The first kappa shape index (κ1) is 17.8. The van der Waals surface area contributed by atoms with Crippen molar-refractivity contribution in [3.05, 3.63) is 33.3 Å². The Morgan fingerprint density at radius 1 is 1.43 bits per heavy atom. The monoisotopic (exact) mass is 336 g/mol. The van der Waals surface area contributed by atoms with Gasteiger partial charge in [0.2, 0.25) is 10.0 Å². The zero-order valence-electron chi connectivity index (χ0n) is 11.7. The van der Waals surface area contributed by atoms with Gasteiger partial charge in [-0.15, -0.1) is 0 Å². The maximum absolute atomic E-state index is 12.5. The number of nitro benzene ring substituents is 1. The van der Waals surface area contributed by atoms with E-state index in [-0.39, 0.29) is 35.5 Å². The average molecular weight is 337 g/mol. The molecule has 7 nitrogen and oxygen atoms in total. The van der Waals surface area contributed by atoms with Crippen LogP contribution in [0, 0.1) is 10.1 Å². The second-order valence-corrected chi connectivity index (χ2v) is 6.95. The number of sulfonamides is 1. The minimum Gasteiger partial charge on any atom is -0.396 e. The molecule has 1 N–H and O–H groups in total. The number of rotatable bonds is 7. The largest absolute Gasteiger partial charge is 0.396 e. The van der Waals surface area contributed by atoms with Crippen molar-refractivity contribution in [1.82, 2.24) is 4.31 Å². The molecule has 0 aliphatic heterocycles. The first-order chi connectivity index (χ1) is 9.71. The smallest absolute Gasteiger partial charge is 0.289 e. The van der Waals surface area contributed by atoms with E-state index in [4.69, 9.17) is 16.7 Å². The summed E-state index contributed by atoms with van der Waals surface area (Å²) in [5, 5.41) is 19.6. The van der Waals surface area contributed by atoms with Gasteiger partial charge in [0.1, 0.15) is 5.02 Å². The molecule has 1 rings (SSSR count). The van der Waals surface area contributed by atoms with Crippen LogP contribution in [0.2, 0.25) is 5.02 Å². The van der Waals surface area contributed by atoms with Crippen LogP contribution >= 0.6 is 11.6 Å². The molecule has 1 aromatic carbocycles. The van der Waals surface area contributed by atoms with Gasteiger partial charge >= 0.3 is 0 Å². The first-order valence-electron chi connectivity index (χ1n) is 6.28. The molecule has 0 amide bonds. The molecule has 0 bridgehead atoms. The van der Waals surface area contributed by atoms with E-state index in [2.05, 4.69) is 0 Å². The zero-order chi connectivity index (χ0) is 16.2. The highest BCUT2D eigenvalue weighted by molar-refractivity contribution is 7.89. The van der Waals surface area contributed by atoms with Gasteiger partial charge in [0.25, 0.3) is 5.69 Å². The Morgan fingerprint density at radius 3 is 2.52 bits per heavy atom. The molecule has 0 radical (unpaired) electrons. The normalized spacial score (nSPS) is 12.1. The van der Waals surface area contributed by atoms with E-state index < -0.39 is 20.6 Å². The van der Waals surface area contributed by atoms with Crippen LogP contribution in [0.5, 0.6) is 0 Å². The van der Waals surface area contributed by atoms with Gasteiger partial charge in [0, 0.05) is 25.3 Å². The van der Waals surface area contributed by atoms with Gasteiger partial charge in [0.05, 0.1) is 9.82 Å². The van der Waals surface area contributed by atoms with Crippen molar-refractivity contribution < 1.29 is 18.4 Å². The number of aliphatic hydroxyl groups excluding tert-OH is 1. The lowest BCUT2D eigenvalue weighted by atomic mass is 10.3. The lowest BCUT2D eigenvalue weighted by molar-refractivity contribution is -0.384. The maximum Gasteiger partial charge on any atom is 0.289 e. The molecule has 21 heavy (non-hydrogen) atoms. The van der Waals surface area contributed by atoms with Crippen molar-refractivity contribution >= 4 is 27.3 Å². The van der Waals surface area contributed by atoms with Gasteiger partial charge in [-0.3, -0.25) is 10.1 Å². The summed E-state index contributed by atoms with van der Waals surface area (Å²) >= 11 is 5.68. The van der Waals surface area contributed by atoms with E-state index in [1.807, 2.05) is 0 Å². The molecular weight excluding hydrogens is 320 g/mol. The molecule has 0 heterocycles. The minimum absolute atomic E-state index is 0.120. The molecule has 0 atom stereocenters. The van der Waals surface area contributed by atoms with Crippen LogP contribution in [0.1, 0.15) is 20.3 Å². The topological polar surface area (TPSA) is 101 Å². The van der Waals surface area contributed by atoms with Crippen molar-refractivity contribution in [2.75, 3.05) is 13.2 Å². The molecule has 9 heteroatoms. The third-order valence-electron chi connectivity index (χ3n) is 2.83. The van der Waals surface area contributed by atoms with Crippen LogP contribution in [0.4, 0.5) is 5.69 Å². The van der Waals surface area contributed by atoms with E-state index in [1.54, 1.807) is 13.8 Å². The maximum atomic E-state index is 12.5. The molecule has 0 aliphatic carbocycles. The first-order valence-corrected chi connectivity index (χ1v) is 8.10. The predicted octanol–water partition coefficient (Wildman–Crippen LogP) is 2.03. The Morgan fingerprint density at radius 2 is 2.05 bits per heavy atom. The predicted molar refractivity (Wildman–Crippen MR) is 78.8 cm³/mol. The summed E-state index contributed by atoms with van der Waals surface area (Å²) in [6.45, 7) is 3.38. The fourth-order valence-electron chi connectivity index (χ4n) is 1.81. The number of benzene rings is 1. The number of hydrogen-bond acceptors (Lipinski definition) is 5. The standard InChI is InChI=1S/C12H17ClN2O5S/c1-9(2)14(6-3-7-16)21(19,20)10-4-5-11(13)12(8-10)15(17)18/h4-5,8-9,16H,3,6-7H2,1-2H3. The van der Waals surface area contributed by atoms with Crippen LogP contribution < -0.4 is 0 Å². The second kappa shape index (κ2) is 7.17. The van der Waals surface area contributed by atoms with Crippen LogP contribution in [0.3, 0.4) is 0 Å². The lowest BCUT2D eigenvalue weighted by Crippen LogP contribution is -2.38. The summed E-state index contributed by atoms with van der Waals surface area (Å²) in [5.74, 6) is 0. The third kappa shape index (κ3) is 4.13. The molecule has 0 aliphatic rings.